The van der Waals surface area contributed by atoms with E-state index in [0.717, 1.165) is 0 Å². The number of rotatable bonds is 2. The zero-order chi connectivity index (χ0) is 7.44. The molecule has 0 aromatic rings. The monoisotopic (exact) mass is 147 g/mol. The maximum atomic E-state index is 10.4. The minimum atomic E-state index is -0.456. The molecule has 0 heterocycles. The molecular formula is C6H10ClNO. The number of likely N-dealkylation sites (N-methyl/N-ethyl adjacent to an activating group) is 1. The van der Waals surface area contributed by atoms with Gasteiger partial charge in [0.2, 0.25) is 0 Å². The molecule has 0 aliphatic heterocycles. The molecule has 1 unspecified atom stereocenters. The maximum Gasteiger partial charge on any atom is 0.316 e. The second kappa shape index (κ2) is 3.51. The van der Waals surface area contributed by atoms with Crippen LogP contribution in [0.15, 0.2) is 12.7 Å². The van der Waals surface area contributed by atoms with Gasteiger partial charge in [0.1, 0.15) is 0 Å². The van der Waals surface area contributed by atoms with E-state index in [0.29, 0.717) is 0 Å². The minimum Gasteiger partial charge on any atom is -0.326 e. The van der Waals surface area contributed by atoms with E-state index in [1.807, 2.05) is 6.92 Å². The molecule has 0 saturated carbocycles. The van der Waals surface area contributed by atoms with E-state index in [9.17, 15) is 4.79 Å². The zero-order valence-corrected chi connectivity index (χ0v) is 6.35. The number of halogens is 1. The minimum absolute atomic E-state index is 0.00926. The molecule has 2 nitrogen and oxygen atoms in total. The largest absolute Gasteiger partial charge is 0.326 e. The second-order valence-corrected chi connectivity index (χ2v) is 2.16. The van der Waals surface area contributed by atoms with Crippen molar-refractivity contribution in [3.05, 3.63) is 12.7 Å². The lowest BCUT2D eigenvalue weighted by Gasteiger charge is -2.17. The molecule has 0 N–H and O–H groups in total. The number of amides is 1. The highest BCUT2D eigenvalue weighted by Gasteiger charge is 2.08. The highest BCUT2D eigenvalue weighted by molar-refractivity contribution is 6.62. The van der Waals surface area contributed by atoms with Crippen LogP contribution in [0.3, 0.4) is 0 Å². The van der Waals surface area contributed by atoms with Gasteiger partial charge in [-0.1, -0.05) is 6.08 Å². The molecule has 0 fully saturated rings. The molecule has 52 valence electrons. The van der Waals surface area contributed by atoms with Crippen LogP contribution < -0.4 is 0 Å². The number of hydrogen-bond donors (Lipinski definition) is 0. The van der Waals surface area contributed by atoms with Crippen molar-refractivity contribution in [2.24, 2.45) is 0 Å². The van der Waals surface area contributed by atoms with E-state index in [-0.39, 0.29) is 6.04 Å². The first-order valence-electron chi connectivity index (χ1n) is 2.64. The molecule has 0 aromatic carbocycles. The van der Waals surface area contributed by atoms with E-state index in [1.165, 1.54) is 4.90 Å². The van der Waals surface area contributed by atoms with E-state index >= 15 is 0 Å². The summed E-state index contributed by atoms with van der Waals surface area (Å²) >= 11 is 5.14. The summed E-state index contributed by atoms with van der Waals surface area (Å²) in [5.41, 5.74) is 0. The van der Waals surface area contributed by atoms with Gasteiger partial charge in [0.05, 0.1) is 0 Å². The van der Waals surface area contributed by atoms with E-state index in [1.54, 1.807) is 13.1 Å². The van der Waals surface area contributed by atoms with Crippen molar-refractivity contribution in [3.63, 3.8) is 0 Å². The Morgan fingerprint density at radius 3 is 2.44 bits per heavy atom. The lowest BCUT2D eigenvalue weighted by Crippen LogP contribution is -2.29. The SMILES string of the molecule is C=CC(C)N(C)C(=O)Cl. The topological polar surface area (TPSA) is 20.3 Å². The Kier molecular flexibility index (Phi) is 3.32. The Morgan fingerprint density at radius 1 is 1.89 bits per heavy atom. The van der Waals surface area contributed by atoms with Crippen LogP contribution in [0.1, 0.15) is 6.92 Å². The predicted octanol–water partition coefficient (Wildman–Crippen LogP) is 1.85. The molecule has 0 bridgehead atoms. The Bertz CT molecular complexity index is 124. The summed E-state index contributed by atoms with van der Waals surface area (Å²) in [5, 5.41) is -0.456. The number of hydrogen-bond acceptors (Lipinski definition) is 1. The van der Waals surface area contributed by atoms with Gasteiger partial charge in [-0.05, 0) is 18.5 Å². The molecular weight excluding hydrogens is 138 g/mol. The maximum absolute atomic E-state index is 10.4. The summed E-state index contributed by atoms with van der Waals surface area (Å²) in [7, 11) is 1.63. The number of nitrogens with zero attached hydrogens (tertiary/aromatic N) is 1. The molecule has 0 rings (SSSR count). The zero-order valence-electron chi connectivity index (χ0n) is 5.60. The second-order valence-electron chi connectivity index (χ2n) is 1.84. The van der Waals surface area contributed by atoms with Gasteiger partial charge in [0.15, 0.2) is 0 Å². The molecule has 0 aromatic heterocycles. The Hall–Kier alpha value is -0.500. The standard InChI is InChI=1S/C6H10ClNO/c1-4-5(2)8(3)6(7)9/h4-5H,1H2,2-3H3. The van der Waals surface area contributed by atoms with Crippen molar-refractivity contribution in [2.75, 3.05) is 7.05 Å². The lowest BCUT2D eigenvalue weighted by atomic mass is 10.3. The van der Waals surface area contributed by atoms with Crippen LogP contribution in [0.25, 0.3) is 0 Å². The third kappa shape index (κ3) is 2.51. The Labute approximate surface area is 60.1 Å². The van der Waals surface area contributed by atoms with Gasteiger partial charge in [0.25, 0.3) is 0 Å². The summed E-state index contributed by atoms with van der Waals surface area (Å²) in [6, 6.07) is 0.00926. The fraction of sp³-hybridized carbons (Fsp3) is 0.500. The van der Waals surface area contributed by atoms with Crippen LogP contribution in [-0.2, 0) is 0 Å². The van der Waals surface area contributed by atoms with Gasteiger partial charge in [-0.2, -0.15) is 0 Å². The van der Waals surface area contributed by atoms with Crippen molar-refractivity contribution in [1.29, 1.82) is 0 Å². The van der Waals surface area contributed by atoms with Crippen LogP contribution in [0, 0.1) is 0 Å². The van der Waals surface area contributed by atoms with Crippen LogP contribution in [0.2, 0.25) is 0 Å². The van der Waals surface area contributed by atoms with Gasteiger partial charge < -0.3 is 4.90 Å². The Balaban J connectivity index is 3.86. The molecule has 1 amide bonds. The van der Waals surface area contributed by atoms with Crippen LogP contribution in [0.4, 0.5) is 4.79 Å². The smallest absolute Gasteiger partial charge is 0.316 e. The van der Waals surface area contributed by atoms with Crippen LogP contribution >= 0.6 is 11.6 Å². The fourth-order valence-corrected chi connectivity index (χ4v) is 0.472. The summed E-state index contributed by atoms with van der Waals surface area (Å²) in [6.45, 7) is 5.35. The van der Waals surface area contributed by atoms with E-state index < -0.39 is 5.37 Å². The first-order chi connectivity index (χ1) is 4.09. The average molecular weight is 148 g/mol. The van der Waals surface area contributed by atoms with Gasteiger partial charge in [-0.25, -0.2) is 0 Å². The fourth-order valence-electron chi connectivity index (χ4n) is 0.318. The van der Waals surface area contributed by atoms with Crippen LogP contribution in [-0.4, -0.2) is 23.4 Å². The van der Waals surface area contributed by atoms with Gasteiger partial charge in [-0.15, -0.1) is 6.58 Å². The summed E-state index contributed by atoms with van der Waals surface area (Å²) in [6.07, 6.45) is 1.65. The first kappa shape index (κ1) is 8.50. The normalized spacial score (nSPS) is 12.3. The van der Waals surface area contributed by atoms with Crippen LogP contribution in [0.5, 0.6) is 0 Å². The summed E-state index contributed by atoms with van der Waals surface area (Å²) in [5.74, 6) is 0. The highest BCUT2D eigenvalue weighted by Crippen LogP contribution is 1.99. The van der Waals surface area contributed by atoms with Crippen molar-refractivity contribution in [1.82, 2.24) is 4.90 Å². The lowest BCUT2D eigenvalue weighted by molar-refractivity contribution is 0.226. The average Bonchev–Trinajstić information content (AvgIpc) is 1.84. The summed E-state index contributed by atoms with van der Waals surface area (Å²) < 4.78 is 0. The third-order valence-corrected chi connectivity index (χ3v) is 1.50. The summed E-state index contributed by atoms with van der Waals surface area (Å²) in [4.78, 5) is 11.8. The number of carbonyl (C=O) groups excluding carboxylic acids is 1. The van der Waals surface area contributed by atoms with Crippen molar-refractivity contribution in [3.8, 4) is 0 Å². The molecule has 9 heavy (non-hydrogen) atoms. The van der Waals surface area contributed by atoms with E-state index in [4.69, 9.17) is 11.6 Å². The van der Waals surface area contributed by atoms with Gasteiger partial charge in [-0.3, -0.25) is 4.79 Å². The molecule has 0 radical (unpaired) electrons. The van der Waals surface area contributed by atoms with Crippen molar-refractivity contribution in [2.45, 2.75) is 13.0 Å². The third-order valence-electron chi connectivity index (χ3n) is 1.23. The molecule has 1 atom stereocenters. The Morgan fingerprint density at radius 2 is 2.33 bits per heavy atom. The van der Waals surface area contributed by atoms with Gasteiger partial charge in [0, 0.05) is 13.1 Å². The van der Waals surface area contributed by atoms with E-state index in [2.05, 4.69) is 6.58 Å². The highest BCUT2D eigenvalue weighted by atomic mass is 35.5. The predicted molar refractivity (Wildman–Crippen MR) is 38.7 cm³/mol. The molecule has 3 heteroatoms. The molecule has 0 aliphatic rings. The quantitative estimate of drug-likeness (QED) is 0.332. The van der Waals surface area contributed by atoms with Crippen molar-refractivity contribution >= 4 is 17.0 Å². The number of carbonyl (C=O) groups is 1. The molecule has 0 aliphatic carbocycles. The first-order valence-corrected chi connectivity index (χ1v) is 3.02. The molecule has 0 saturated heterocycles. The van der Waals surface area contributed by atoms with Crippen molar-refractivity contribution < 1.29 is 4.79 Å². The molecule has 0 spiro atoms. The van der Waals surface area contributed by atoms with Gasteiger partial charge >= 0.3 is 5.37 Å².